The Bertz CT molecular complexity index is 314. The van der Waals surface area contributed by atoms with Crippen LogP contribution in [0.4, 0.5) is 4.39 Å². The number of hydrogen-bond acceptors (Lipinski definition) is 2. The summed E-state index contributed by atoms with van der Waals surface area (Å²) in [6.45, 7) is 0. The monoisotopic (exact) mass is 202 g/mol. The van der Waals surface area contributed by atoms with Gasteiger partial charge in [-0.1, -0.05) is 11.6 Å². The molecule has 1 aromatic carbocycles. The number of aliphatic hydroxyl groups excluding tert-OH is 1. The molecule has 0 radical (unpaired) electrons. The lowest BCUT2D eigenvalue weighted by molar-refractivity contribution is -0.109. The molecule has 0 fully saturated rings. The average molecular weight is 203 g/mol. The van der Waals surface area contributed by atoms with E-state index in [2.05, 4.69) is 0 Å². The number of rotatable bonds is 3. The van der Waals surface area contributed by atoms with Crippen LogP contribution in [0.25, 0.3) is 0 Å². The highest BCUT2D eigenvalue weighted by Crippen LogP contribution is 2.22. The van der Waals surface area contributed by atoms with E-state index in [4.69, 9.17) is 11.6 Å². The maximum atomic E-state index is 13.0. The summed E-state index contributed by atoms with van der Waals surface area (Å²) in [6, 6.07) is 3.85. The first-order valence-corrected chi connectivity index (χ1v) is 4.09. The van der Waals surface area contributed by atoms with E-state index in [0.717, 1.165) is 6.07 Å². The van der Waals surface area contributed by atoms with Crippen molar-refractivity contribution in [1.82, 2.24) is 0 Å². The Hall–Kier alpha value is -0.930. The number of carbonyl (C=O) groups is 1. The molecule has 0 spiro atoms. The molecule has 0 amide bonds. The summed E-state index contributed by atoms with van der Waals surface area (Å²) in [7, 11) is 0. The van der Waals surface area contributed by atoms with Gasteiger partial charge in [0.2, 0.25) is 0 Å². The molecule has 0 bridgehead atoms. The lowest BCUT2D eigenvalue weighted by atomic mass is 10.1. The zero-order valence-electron chi connectivity index (χ0n) is 6.71. The predicted molar refractivity (Wildman–Crippen MR) is 47.1 cm³/mol. The van der Waals surface area contributed by atoms with E-state index in [0.29, 0.717) is 11.3 Å². The summed E-state index contributed by atoms with van der Waals surface area (Å²) >= 11 is 5.59. The molecule has 1 N–H and O–H groups in total. The summed E-state index contributed by atoms with van der Waals surface area (Å²) in [5.74, 6) is -0.557. The summed E-state index contributed by atoms with van der Waals surface area (Å²) in [5, 5.41) is 9.63. The third kappa shape index (κ3) is 2.50. The van der Waals surface area contributed by atoms with Crippen molar-refractivity contribution in [2.45, 2.75) is 12.5 Å². The van der Waals surface area contributed by atoms with E-state index >= 15 is 0 Å². The number of halogens is 2. The average Bonchev–Trinajstić information content (AvgIpc) is 2.09. The van der Waals surface area contributed by atoms with E-state index in [1.54, 1.807) is 0 Å². The summed E-state index contributed by atoms with van der Waals surface area (Å²) < 4.78 is 13.0. The van der Waals surface area contributed by atoms with Gasteiger partial charge in [0.05, 0.1) is 6.10 Å². The Kier molecular flexibility index (Phi) is 3.39. The molecule has 0 aliphatic rings. The van der Waals surface area contributed by atoms with E-state index in [1.807, 2.05) is 0 Å². The van der Waals surface area contributed by atoms with Crippen LogP contribution >= 0.6 is 11.6 Å². The molecule has 4 heteroatoms. The Balaban J connectivity index is 2.97. The first-order valence-electron chi connectivity index (χ1n) is 3.72. The van der Waals surface area contributed by atoms with Gasteiger partial charge in [-0.05, 0) is 18.2 Å². The summed E-state index contributed by atoms with van der Waals surface area (Å²) in [4.78, 5) is 10.1. The molecule has 0 saturated heterocycles. The van der Waals surface area contributed by atoms with Crippen molar-refractivity contribution in [3.05, 3.63) is 34.6 Å². The lowest BCUT2D eigenvalue weighted by Gasteiger charge is -2.08. The molecule has 2 nitrogen and oxygen atoms in total. The van der Waals surface area contributed by atoms with Gasteiger partial charge in [-0.25, -0.2) is 4.39 Å². The highest BCUT2D eigenvalue weighted by atomic mass is 35.5. The molecule has 1 aromatic rings. The van der Waals surface area contributed by atoms with E-state index in [-0.39, 0.29) is 12.0 Å². The van der Waals surface area contributed by atoms with Crippen LogP contribution < -0.4 is 0 Å². The molecule has 1 atom stereocenters. The van der Waals surface area contributed by atoms with E-state index < -0.39 is 11.9 Å². The molecular weight excluding hydrogens is 195 g/mol. The Labute approximate surface area is 80.0 Å². The quantitative estimate of drug-likeness (QED) is 0.763. The molecule has 1 rings (SSSR count). The smallest absolute Gasteiger partial charge is 0.129 e. The van der Waals surface area contributed by atoms with Gasteiger partial charge >= 0.3 is 0 Å². The SMILES string of the molecule is O=CCC(O)c1cc(Cl)ccc1F. The van der Waals surface area contributed by atoms with Crippen LogP contribution in [-0.2, 0) is 4.79 Å². The number of hydrogen-bond donors (Lipinski definition) is 1. The van der Waals surface area contributed by atoms with Gasteiger partial charge in [0, 0.05) is 17.0 Å². The second-order valence-corrected chi connectivity index (χ2v) is 3.02. The van der Waals surface area contributed by atoms with Crippen molar-refractivity contribution >= 4 is 17.9 Å². The Morgan fingerprint density at radius 2 is 2.31 bits per heavy atom. The molecule has 0 saturated carbocycles. The van der Waals surface area contributed by atoms with Gasteiger partial charge in [0.1, 0.15) is 12.1 Å². The zero-order chi connectivity index (χ0) is 9.84. The second-order valence-electron chi connectivity index (χ2n) is 2.58. The topological polar surface area (TPSA) is 37.3 Å². The van der Waals surface area contributed by atoms with Crippen LogP contribution in [0.2, 0.25) is 5.02 Å². The molecule has 0 aromatic heterocycles. The van der Waals surface area contributed by atoms with Crippen molar-refractivity contribution in [3.63, 3.8) is 0 Å². The highest BCUT2D eigenvalue weighted by molar-refractivity contribution is 6.30. The van der Waals surface area contributed by atoms with Gasteiger partial charge in [0.25, 0.3) is 0 Å². The standard InChI is InChI=1S/C9H8ClFO2/c10-6-1-2-8(11)7(5-6)9(13)3-4-12/h1-2,4-5,9,13H,3H2. The molecule has 70 valence electrons. The molecule has 0 aliphatic heterocycles. The molecule has 0 aliphatic carbocycles. The fraction of sp³-hybridized carbons (Fsp3) is 0.222. The van der Waals surface area contributed by atoms with Gasteiger partial charge in [-0.15, -0.1) is 0 Å². The second kappa shape index (κ2) is 4.35. The zero-order valence-corrected chi connectivity index (χ0v) is 7.46. The molecule has 13 heavy (non-hydrogen) atoms. The van der Waals surface area contributed by atoms with E-state index in [9.17, 15) is 14.3 Å². The molecule has 0 heterocycles. The third-order valence-corrected chi connectivity index (χ3v) is 1.87. The Morgan fingerprint density at radius 1 is 1.62 bits per heavy atom. The highest BCUT2D eigenvalue weighted by Gasteiger charge is 2.12. The number of aldehydes is 1. The summed E-state index contributed by atoms with van der Waals surface area (Å²) in [6.07, 6.45) is -0.710. The third-order valence-electron chi connectivity index (χ3n) is 1.64. The van der Waals surface area contributed by atoms with Crippen LogP contribution in [0, 0.1) is 5.82 Å². The van der Waals surface area contributed by atoms with Gasteiger partial charge in [-0.3, -0.25) is 0 Å². The Morgan fingerprint density at radius 3 is 2.92 bits per heavy atom. The van der Waals surface area contributed by atoms with Crippen LogP contribution in [0.3, 0.4) is 0 Å². The van der Waals surface area contributed by atoms with Crippen molar-refractivity contribution < 1.29 is 14.3 Å². The van der Waals surface area contributed by atoms with E-state index in [1.165, 1.54) is 12.1 Å². The molecular formula is C9H8ClFO2. The first-order chi connectivity index (χ1) is 6.15. The minimum absolute atomic E-state index is 0.0552. The number of carbonyl (C=O) groups excluding carboxylic acids is 1. The van der Waals surface area contributed by atoms with Crippen LogP contribution in [0.15, 0.2) is 18.2 Å². The molecule has 1 unspecified atom stereocenters. The van der Waals surface area contributed by atoms with Crippen molar-refractivity contribution in [1.29, 1.82) is 0 Å². The largest absolute Gasteiger partial charge is 0.388 e. The minimum atomic E-state index is -1.11. The normalized spacial score (nSPS) is 12.5. The van der Waals surface area contributed by atoms with Crippen molar-refractivity contribution in [2.24, 2.45) is 0 Å². The maximum absolute atomic E-state index is 13.0. The van der Waals surface area contributed by atoms with Gasteiger partial charge < -0.3 is 9.90 Å². The maximum Gasteiger partial charge on any atom is 0.129 e. The predicted octanol–water partition coefficient (Wildman–Crippen LogP) is 2.10. The fourth-order valence-corrected chi connectivity index (χ4v) is 1.17. The fourth-order valence-electron chi connectivity index (χ4n) is 0.988. The van der Waals surface area contributed by atoms with Gasteiger partial charge in [0.15, 0.2) is 0 Å². The number of aliphatic hydroxyl groups is 1. The number of benzene rings is 1. The van der Waals surface area contributed by atoms with Crippen LogP contribution in [0.1, 0.15) is 18.1 Å². The van der Waals surface area contributed by atoms with Gasteiger partial charge in [-0.2, -0.15) is 0 Å². The van der Waals surface area contributed by atoms with Crippen molar-refractivity contribution in [3.8, 4) is 0 Å². The first kappa shape index (κ1) is 10.2. The summed E-state index contributed by atoms with van der Waals surface area (Å²) in [5.41, 5.74) is 0.0552. The van der Waals surface area contributed by atoms with Crippen molar-refractivity contribution in [2.75, 3.05) is 0 Å². The van der Waals surface area contributed by atoms with Crippen LogP contribution in [0.5, 0.6) is 0 Å². The minimum Gasteiger partial charge on any atom is -0.388 e. The van der Waals surface area contributed by atoms with Crippen LogP contribution in [-0.4, -0.2) is 11.4 Å². The lowest BCUT2D eigenvalue weighted by Crippen LogP contribution is -2.00.